The van der Waals surface area contributed by atoms with Crippen molar-refractivity contribution in [3.63, 3.8) is 0 Å². The summed E-state index contributed by atoms with van der Waals surface area (Å²) in [7, 11) is 1.71. The number of aryl methyl sites for hydroxylation is 3. The maximum absolute atomic E-state index is 13.2. The average molecular weight is 441 g/mol. The second kappa shape index (κ2) is 10.0. The number of nitrogen functional groups attached to an aromatic ring is 1. The summed E-state index contributed by atoms with van der Waals surface area (Å²) in [5.41, 5.74) is 8.72. The van der Waals surface area contributed by atoms with Gasteiger partial charge in [0.15, 0.2) is 5.96 Å². The number of hydrogen-bond acceptors (Lipinski definition) is 6. The summed E-state index contributed by atoms with van der Waals surface area (Å²) in [5, 5.41) is 21.5. The molecule has 2 aromatic heterocycles. The van der Waals surface area contributed by atoms with Crippen molar-refractivity contribution in [2.45, 2.75) is 33.2 Å². The van der Waals surface area contributed by atoms with Crippen LogP contribution in [-0.2, 0) is 13.0 Å². The predicted octanol–water partition coefficient (Wildman–Crippen LogP) is 2.84. The number of halogens is 1. The zero-order valence-electron chi connectivity index (χ0n) is 17.7. The number of rotatable bonds is 7. The van der Waals surface area contributed by atoms with Gasteiger partial charge in [0.05, 0.1) is 23.6 Å². The Morgan fingerprint density at radius 1 is 1.29 bits per heavy atom. The first-order chi connectivity index (χ1) is 14.9. The number of nitrogens with two attached hydrogens (primary N) is 1. The van der Waals surface area contributed by atoms with E-state index in [1.165, 1.54) is 21.7 Å². The van der Waals surface area contributed by atoms with Crippen molar-refractivity contribution in [2.75, 3.05) is 19.3 Å². The molecule has 0 aliphatic rings. The number of nitrogens with one attached hydrogen (secondary N) is 2. The molecule has 3 rings (SSSR count). The number of thiazole rings is 1. The minimum atomic E-state index is -0.344. The first kappa shape index (κ1) is 22.2. The number of aromatic nitrogens is 3. The number of hydrogen-bond donors (Lipinski definition) is 3. The van der Waals surface area contributed by atoms with Gasteiger partial charge in [-0.2, -0.15) is 10.4 Å². The summed E-state index contributed by atoms with van der Waals surface area (Å²) in [6, 6.07) is 7.94. The molecule has 4 N–H and O–H groups in total. The molecule has 0 radical (unpaired) electrons. The fourth-order valence-electron chi connectivity index (χ4n) is 3.01. The van der Waals surface area contributed by atoms with Crippen LogP contribution in [0, 0.1) is 31.0 Å². The summed E-state index contributed by atoms with van der Waals surface area (Å²) >= 11 is 1.67. The van der Waals surface area contributed by atoms with E-state index in [4.69, 9.17) is 5.73 Å². The molecule has 0 amide bonds. The lowest BCUT2D eigenvalue weighted by molar-refractivity contribution is 0.627. The maximum Gasteiger partial charge on any atom is 0.191 e. The van der Waals surface area contributed by atoms with E-state index >= 15 is 0 Å². The summed E-state index contributed by atoms with van der Waals surface area (Å²) in [6.07, 6.45) is 1.29. The lowest BCUT2D eigenvalue weighted by Gasteiger charge is -2.10. The highest BCUT2D eigenvalue weighted by Crippen LogP contribution is 2.21. The number of benzene rings is 1. The van der Waals surface area contributed by atoms with Crippen LogP contribution in [-0.4, -0.2) is 34.3 Å². The van der Waals surface area contributed by atoms with Gasteiger partial charge < -0.3 is 16.4 Å². The second-order valence-electron chi connectivity index (χ2n) is 6.91. The van der Waals surface area contributed by atoms with Gasteiger partial charge >= 0.3 is 0 Å². The molecule has 162 valence electrons. The van der Waals surface area contributed by atoms with E-state index in [1.54, 1.807) is 30.5 Å². The summed E-state index contributed by atoms with van der Waals surface area (Å²) in [5.74, 6) is 0.592. The largest absolute Gasteiger partial charge is 0.382 e. The van der Waals surface area contributed by atoms with E-state index < -0.39 is 0 Å². The van der Waals surface area contributed by atoms with E-state index in [9.17, 15) is 9.65 Å². The zero-order valence-corrected chi connectivity index (χ0v) is 18.6. The Morgan fingerprint density at radius 2 is 2.03 bits per heavy atom. The Labute approximate surface area is 184 Å². The van der Waals surface area contributed by atoms with Crippen LogP contribution in [0.5, 0.6) is 0 Å². The van der Waals surface area contributed by atoms with E-state index in [-0.39, 0.29) is 11.6 Å². The topological polar surface area (TPSA) is 117 Å². The van der Waals surface area contributed by atoms with Crippen molar-refractivity contribution in [1.82, 2.24) is 25.4 Å². The average Bonchev–Trinajstić information content (AvgIpc) is 3.25. The molecule has 10 heteroatoms. The lowest BCUT2D eigenvalue weighted by atomic mass is 10.1. The highest BCUT2D eigenvalue weighted by molar-refractivity contribution is 7.11. The molecular formula is C21H25FN8S. The van der Waals surface area contributed by atoms with Gasteiger partial charge in [-0.3, -0.25) is 4.99 Å². The van der Waals surface area contributed by atoms with Crippen LogP contribution in [0.4, 0.5) is 10.2 Å². The fourth-order valence-corrected chi connectivity index (χ4v) is 3.89. The molecule has 0 saturated carbocycles. The van der Waals surface area contributed by atoms with Gasteiger partial charge in [0, 0.05) is 18.5 Å². The minimum Gasteiger partial charge on any atom is -0.382 e. The number of aliphatic imine (C=N–C) groups is 1. The lowest BCUT2D eigenvalue weighted by Crippen LogP contribution is -2.37. The first-order valence-corrected chi connectivity index (χ1v) is 10.7. The van der Waals surface area contributed by atoms with Crippen molar-refractivity contribution in [3.8, 4) is 11.8 Å². The van der Waals surface area contributed by atoms with Crippen molar-refractivity contribution in [1.29, 1.82) is 5.26 Å². The smallest absolute Gasteiger partial charge is 0.191 e. The van der Waals surface area contributed by atoms with E-state index in [2.05, 4.69) is 38.7 Å². The molecule has 31 heavy (non-hydrogen) atoms. The van der Waals surface area contributed by atoms with Gasteiger partial charge in [-0.15, -0.1) is 11.3 Å². The SMILES string of the molecule is CN=C(NCCCc1nn(-c2ccc(F)cc2)c(N)c1C#N)NCc1nc(C)c(C)s1. The van der Waals surface area contributed by atoms with E-state index in [0.717, 1.165) is 17.1 Å². The molecule has 0 atom stereocenters. The molecule has 2 heterocycles. The summed E-state index contributed by atoms with van der Waals surface area (Å²) < 4.78 is 14.7. The Hall–Kier alpha value is -3.45. The van der Waals surface area contributed by atoms with Crippen molar-refractivity contribution < 1.29 is 4.39 Å². The number of nitriles is 1. The van der Waals surface area contributed by atoms with Crippen LogP contribution in [0.1, 0.15) is 33.3 Å². The zero-order chi connectivity index (χ0) is 22.4. The molecular weight excluding hydrogens is 415 g/mol. The maximum atomic E-state index is 13.2. The van der Waals surface area contributed by atoms with Gasteiger partial charge in [-0.1, -0.05) is 0 Å². The van der Waals surface area contributed by atoms with E-state index in [0.29, 0.717) is 42.4 Å². The van der Waals surface area contributed by atoms with Gasteiger partial charge in [-0.05, 0) is 51.0 Å². The Morgan fingerprint density at radius 3 is 2.65 bits per heavy atom. The highest BCUT2D eigenvalue weighted by Gasteiger charge is 2.16. The Kier molecular flexibility index (Phi) is 7.20. The molecule has 0 saturated heterocycles. The van der Waals surface area contributed by atoms with Gasteiger partial charge in [0.25, 0.3) is 0 Å². The molecule has 0 unspecified atom stereocenters. The monoisotopic (exact) mass is 440 g/mol. The third-order valence-corrected chi connectivity index (χ3v) is 5.84. The first-order valence-electron chi connectivity index (χ1n) is 9.83. The molecule has 0 aliphatic carbocycles. The quantitative estimate of drug-likeness (QED) is 0.295. The predicted molar refractivity (Wildman–Crippen MR) is 121 cm³/mol. The summed E-state index contributed by atoms with van der Waals surface area (Å²) in [4.78, 5) is 9.95. The van der Waals surface area contributed by atoms with Crippen LogP contribution >= 0.6 is 11.3 Å². The van der Waals surface area contributed by atoms with Gasteiger partial charge in [0.2, 0.25) is 0 Å². The van der Waals surface area contributed by atoms with Crippen molar-refractivity contribution in [3.05, 3.63) is 56.9 Å². The van der Waals surface area contributed by atoms with E-state index in [1.807, 2.05) is 6.92 Å². The molecule has 0 fully saturated rings. The number of guanidine groups is 1. The van der Waals surface area contributed by atoms with Crippen LogP contribution < -0.4 is 16.4 Å². The van der Waals surface area contributed by atoms with Gasteiger partial charge in [-0.25, -0.2) is 14.1 Å². The highest BCUT2D eigenvalue weighted by atomic mass is 32.1. The molecule has 3 aromatic rings. The van der Waals surface area contributed by atoms with Crippen LogP contribution in [0.2, 0.25) is 0 Å². The minimum absolute atomic E-state index is 0.253. The molecule has 0 bridgehead atoms. The molecule has 0 aliphatic heterocycles. The summed E-state index contributed by atoms with van der Waals surface area (Å²) in [6.45, 7) is 5.31. The number of anilines is 1. The van der Waals surface area contributed by atoms with Crippen LogP contribution in [0.15, 0.2) is 29.3 Å². The second-order valence-corrected chi connectivity index (χ2v) is 8.20. The molecule has 0 spiro atoms. The van der Waals surface area contributed by atoms with Crippen molar-refractivity contribution >= 4 is 23.1 Å². The van der Waals surface area contributed by atoms with Crippen LogP contribution in [0.25, 0.3) is 5.69 Å². The number of nitrogens with zero attached hydrogens (tertiary/aromatic N) is 5. The normalized spacial score (nSPS) is 11.4. The molecule has 8 nitrogen and oxygen atoms in total. The van der Waals surface area contributed by atoms with Crippen LogP contribution in [0.3, 0.4) is 0 Å². The molecule has 1 aromatic carbocycles. The standard InChI is InChI=1S/C21H25FN8S/c1-13-14(2)31-19(28-13)12-27-21(25-3)26-10-4-5-18-17(11-23)20(24)30(29-18)16-8-6-15(22)7-9-16/h6-9H,4-5,10,12,24H2,1-3H3,(H2,25,26,27). The Balaban J connectivity index is 1.55. The third-order valence-electron chi connectivity index (χ3n) is 4.76. The van der Waals surface area contributed by atoms with Gasteiger partial charge in [0.1, 0.15) is 28.3 Å². The third kappa shape index (κ3) is 5.38. The van der Waals surface area contributed by atoms with Crippen molar-refractivity contribution in [2.24, 2.45) is 4.99 Å². The fraction of sp³-hybridized carbons (Fsp3) is 0.333. The Bertz CT molecular complexity index is 1090.